The first-order valence-corrected chi connectivity index (χ1v) is 6.28. The van der Waals surface area contributed by atoms with Gasteiger partial charge in [-0.05, 0) is 38.1 Å². The van der Waals surface area contributed by atoms with Crippen molar-refractivity contribution >= 4 is 17.3 Å². The monoisotopic (exact) mass is 255 g/mol. The van der Waals surface area contributed by atoms with Crippen molar-refractivity contribution in [3.8, 4) is 0 Å². The minimum Gasteiger partial charge on any atom is -0.478 e. The summed E-state index contributed by atoms with van der Waals surface area (Å²) >= 11 is 0. The summed E-state index contributed by atoms with van der Waals surface area (Å²) in [6.07, 6.45) is 0. The number of para-hydroxylation sites is 2. The molecule has 0 saturated heterocycles. The van der Waals surface area contributed by atoms with E-state index in [-0.39, 0.29) is 6.04 Å². The maximum absolute atomic E-state index is 11.4. The molecule has 2 aromatic carbocycles. The SMILES string of the molecule is CC(C)N(c1ccccc1)c1ccccc1C(=O)O. The van der Waals surface area contributed by atoms with Crippen molar-refractivity contribution in [2.45, 2.75) is 19.9 Å². The normalized spacial score (nSPS) is 10.5. The fourth-order valence-corrected chi connectivity index (χ4v) is 2.17. The minimum atomic E-state index is -0.905. The van der Waals surface area contributed by atoms with Crippen LogP contribution in [0.15, 0.2) is 54.6 Å². The van der Waals surface area contributed by atoms with Crippen molar-refractivity contribution in [3.63, 3.8) is 0 Å². The van der Waals surface area contributed by atoms with E-state index in [4.69, 9.17) is 0 Å². The molecule has 0 heterocycles. The van der Waals surface area contributed by atoms with Gasteiger partial charge in [0.25, 0.3) is 0 Å². The van der Waals surface area contributed by atoms with Crippen LogP contribution in [0.25, 0.3) is 0 Å². The molecule has 98 valence electrons. The maximum Gasteiger partial charge on any atom is 0.337 e. The number of anilines is 2. The zero-order valence-corrected chi connectivity index (χ0v) is 11.1. The molecule has 2 aromatic rings. The maximum atomic E-state index is 11.4. The van der Waals surface area contributed by atoms with Gasteiger partial charge < -0.3 is 10.0 Å². The molecule has 1 N–H and O–H groups in total. The Kier molecular flexibility index (Phi) is 3.85. The Morgan fingerprint density at radius 2 is 1.58 bits per heavy atom. The quantitative estimate of drug-likeness (QED) is 0.899. The molecule has 0 aliphatic rings. The second kappa shape index (κ2) is 5.57. The first-order valence-electron chi connectivity index (χ1n) is 6.28. The van der Waals surface area contributed by atoms with E-state index in [0.717, 1.165) is 11.4 Å². The van der Waals surface area contributed by atoms with E-state index >= 15 is 0 Å². The van der Waals surface area contributed by atoms with Crippen molar-refractivity contribution in [3.05, 3.63) is 60.2 Å². The fourth-order valence-electron chi connectivity index (χ4n) is 2.17. The number of carbonyl (C=O) groups is 1. The van der Waals surface area contributed by atoms with Gasteiger partial charge in [-0.15, -0.1) is 0 Å². The predicted octanol–water partition coefficient (Wildman–Crippen LogP) is 3.93. The van der Waals surface area contributed by atoms with E-state index < -0.39 is 5.97 Å². The van der Waals surface area contributed by atoms with Crippen LogP contribution in [0.2, 0.25) is 0 Å². The van der Waals surface area contributed by atoms with Crippen LogP contribution in [0.4, 0.5) is 11.4 Å². The zero-order valence-electron chi connectivity index (χ0n) is 11.1. The molecule has 0 aliphatic heterocycles. The molecule has 0 bridgehead atoms. The van der Waals surface area contributed by atoms with Gasteiger partial charge in [-0.2, -0.15) is 0 Å². The van der Waals surface area contributed by atoms with E-state index in [1.54, 1.807) is 12.1 Å². The van der Waals surface area contributed by atoms with Crippen LogP contribution in [0.5, 0.6) is 0 Å². The van der Waals surface area contributed by atoms with Gasteiger partial charge in [-0.25, -0.2) is 4.79 Å². The molecule has 0 fully saturated rings. The number of hydrogen-bond acceptors (Lipinski definition) is 2. The van der Waals surface area contributed by atoms with Gasteiger partial charge in [0, 0.05) is 11.7 Å². The Bertz CT molecular complexity index is 564. The van der Waals surface area contributed by atoms with Crippen LogP contribution >= 0.6 is 0 Å². The summed E-state index contributed by atoms with van der Waals surface area (Å²) in [6, 6.07) is 17.1. The molecule has 0 aliphatic carbocycles. The van der Waals surface area contributed by atoms with E-state index in [9.17, 15) is 9.90 Å². The average molecular weight is 255 g/mol. The van der Waals surface area contributed by atoms with Gasteiger partial charge in [-0.3, -0.25) is 0 Å². The van der Waals surface area contributed by atoms with Crippen LogP contribution in [0, 0.1) is 0 Å². The lowest BCUT2D eigenvalue weighted by Gasteiger charge is -2.30. The molecule has 0 radical (unpaired) electrons. The number of carboxylic acids is 1. The Hall–Kier alpha value is -2.29. The van der Waals surface area contributed by atoms with Crippen LogP contribution in [0.3, 0.4) is 0 Å². The third-order valence-corrected chi connectivity index (χ3v) is 2.94. The van der Waals surface area contributed by atoms with Crippen molar-refractivity contribution in [2.75, 3.05) is 4.90 Å². The van der Waals surface area contributed by atoms with Gasteiger partial charge in [0.1, 0.15) is 0 Å². The molecular formula is C16H17NO2. The van der Waals surface area contributed by atoms with Crippen molar-refractivity contribution in [1.82, 2.24) is 0 Å². The lowest BCUT2D eigenvalue weighted by Crippen LogP contribution is -2.27. The highest BCUT2D eigenvalue weighted by Gasteiger charge is 2.19. The molecule has 2 rings (SSSR count). The summed E-state index contributed by atoms with van der Waals surface area (Å²) in [7, 11) is 0. The highest BCUT2D eigenvalue weighted by Crippen LogP contribution is 2.30. The first-order chi connectivity index (χ1) is 9.11. The molecule has 0 atom stereocenters. The summed E-state index contributed by atoms with van der Waals surface area (Å²) in [4.78, 5) is 13.4. The summed E-state index contributed by atoms with van der Waals surface area (Å²) in [6.45, 7) is 4.09. The van der Waals surface area contributed by atoms with Gasteiger partial charge in [0.15, 0.2) is 0 Å². The first kappa shape index (κ1) is 13.1. The molecule has 0 unspecified atom stereocenters. The molecule has 3 heteroatoms. The van der Waals surface area contributed by atoms with Gasteiger partial charge in [0.05, 0.1) is 11.3 Å². The third-order valence-electron chi connectivity index (χ3n) is 2.94. The van der Waals surface area contributed by atoms with Gasteiger partial charge in [0.2, 0.25) is 0 Å². The van der Waals surface area contributed by atoms with Crippen molar-refractivity contribution in [2.24, 2.45) is 0 Å². The van der Waals surface area contributed by atoms with E-state index in [2.05, 4.69) is 0 Å². The van der Waals surface area contributed by atoms with Gasteiger partial charge in [-0.1, -0.05) is 30.3 Å². The topological polar surface area (TPSA) is 40.5 Å². The van der Waals surface area contributed by atoms with Crippen LogP contribution in [-0.2, 0) is 0 Å². The highest BCUT2D eigenvalue weighted by atomic mass is 16.4. The zero-order chi connectivity index (χ0) is 13.8. The second-order valence-corrected chi connectivity index (χ2v) is 4.62. The number of benzene rings is 2. The molecule has 3 nitrogen and oxygen atoms in total. The Balaban J connectivity index is 2.55. The summed E-state index contributed by atoms with van der Waals surface area (Å²) in [5.41, 5.74) is 2.03. The number of nitrogens with zero attached hydrogens (tertiary/aromatic N) is 1. The van der Waals surface area contributed by atoms with Crippen LogP contribution in [-0.4, -0.2) is 17.1 Å². The number of aromatic carboxylic acids is 1. The number of hydrogen-bond donors (Lipinski definition) is 1. The van der Waals surface area contributed by atoms with E-state index in [1.165, 1.54) is 0 Å². The highest BCUT2D eigenvalue weighted by molar-refractivity contribution is 5.95. The Labute approximate surface area is 113 Å². The molecule has 0 aromatic heterocycles. The minimum absolute atomic E-state index is 0.169. The predicted molar refractivity (Wildman–Crippen MR) is 77.1 cm³/mol. The molecular weight excluding hydrogens is 238 g/mol. The molecule has 19 heavy (non-hydrogen) atoms. The molecule has 0 spiro atoms. The molecule has 0 saturated carbocycles. The van der Waals surface area contributed by atoms with Gasteiger partial charge >= 0.3 is 5.97 Å². The number of carboxylic acid groups (broad SMARTS) is 1. The summed E-state index contributed by atoms with van der Waals surface area (Å²) in [5, 5.41) is 9.32. The van der Waals surface area contributed by atoms with Crippen molar-refractivity contribution < 1.29 is 9.90 Å². The summed E-state index contributed by atoms with van der Waals surface area (Å²) < 4.78 is 0. The van der Waals surface area contributed by atoms with Crippen LogP contribution in [0.1, 0.15) is 24.2 Å². The Morgan fingerprint density at radius 3 is 2.16 bits per heavy atom. The second-order valence-electron chi connectivity index (χ2n) is 4.62. The smallest absolute Gasteiger partial charge is 0.337 e. The Morgan fingerprint density at radius 1 is 1.00 bits per heavy atom. The molecule has 0 amide bonds. The lowest BCUT2D eigenvalue weighted by atomic mass is 10.1. The number of rotatable bonds is 4. The lowest BCUT2D eigenvalue weighted by molar-refractivity contribution is 0.0697. The third kappa shape index (κ3) is 2.76. The fraction of sp³-hybridized carbons (Fsp3) is 0.188. The van der Waals surface area contributed by atoms with E-state index in [1.807, 2.05) is 61.2 Å². The van der Waals surface area contributed by atoms with Crippen LogP contribution < -0.4 is 4.90 Å². The summed E-state index contributed by atoms with van der Waals surface area (Å²) in [5.74, 6) is -0.905. The average Bonchev–Trinajstić information content (AvgIpc) is 2.40. The van der Waals surface area contributed by atoms with Crippen molar-refractivity contribution in [1.29, 1.82) is 0 Å². The van der Waals surface area contributed by atoms with E-state index in [0.29, 0.717) is 5.56 Å². The largest absolute Gasteiger partial charge is 0.478 e. The standard InChI is InChI=1S/C16H17NO2/c1-12(2)17(13-8-4-3-5-9-13)15-11-7-6-10-14(15)16(18)19/h3-12H,1-2H3,(H,18,19).